The lowest BCUT2D eigenvalue weighted by molar-refractivity contribution is 0.0601. The lowest BCUT2D eigenvalue weighted by atomic mass is 10.1. The van der Waals surface area contributed by atoms with Gasteiger partial charge in [-0.2, -0.15) is 0 Å². The lowest BCUT2D eigenvalue weighted by Crippen LogP contribution is -2.00. The Hall–Kier alpha value is -2.73. The number of hydrogen-bond donors (Lipinski definition) is 1. The maximum atomic E-state index is 13.2. The van der Waals surface area contributed by atoms with Gasteiger partial charge in [0.05, 0.1) is 18.4 Å². The van der Waals surface area contributed by atoms with Gasteiger partial charge >= 0.3 is 5.97 Å². The number of rotatable bonds is 6. The van der Waals surface area contributed by atoms with Crippen LogP contribution in [0.1, 0.15) is 28.6 Å². The molecule has 0 aliphatic heterocycles. The fourth-order valence-electron chi connectivity index (χ4n) is 2.57. The molecule has 6 heteroatoms. The summed E-state index contributed by atoms with van der Waals surface area (Å²) in [4.78, 5) is 17.4. The second kappa shape index (κ2) is 8.10. The highest BCUT2D eigenvalue weighted by molar-refractivity contribution is 7.16. The van der Waals surface area contributed by atoms with Crippen molar-refractivity contribution in [1.29, 1.82) is 0 Å². The van der Waals surface area contributed by atoms with Gasteiger partial charge in [0.1, 0.15) is 5.82 Å². The second-order valence-corrected chi connectivity index (χ2v) is 6.83. The Labute approximate surface area is 155 Å². The Balaban J connectivity index is 1.85. The molecule has 1 N–H and O–H groups in total. The monoisotopic (exact) mass is 370 g/mol. The number of nitrogens with one attached hydrogen (secondary N) is 1. The van der Waals surface area contributed by atoms with E-state index in [-0.39, 0.29) is 11.8 Å². The maximum Gasteiger partial charge on any atom is 0.337 e. The molecule has 0 bridgehead atoms. The molecule has 0 amide bonds. The van der Waals surface area contributed by atoms with E-state index in [0.29, 0.717) is 5.56 Å². The number of halogens is 1. The summed E-state index contributed by atoms with van der Waals surface area (Å²) in [7, 11) is 1.36. The third-order valence-electron chi connectivity index (χ3n) is 3.85. The third kappa shape index (κ3) is 4.08. The van der Waals surface area contributed by atoms with Crippen LogP contribution in [0.4, 0.5) is 15.2 Å². The summed E-state index contributed by atoms with van der Waals surface area (Å²) in [6.45, 7) is 2.12. The molecule has 1 heterocycles. The summed E-state index contributed by atoms with van der Waals surface area (Å²) in [5.74, 6) is -0.625. The molecule has 0 saturated heterocycles. The predicted octanol–water partition coefficient (Wildman–Crippen LogP) is 5.43. The van der Waals surface area contributed by atoms with Gasteiger partial charge in [-0.25, -0.2) is 14.2 Å². The quantitative estimate of drug-likeness (QED) is 0.588. The summed E-state index contributed by atoms with van der Waals surface area (Å²) < 4.78 is 17.9. The maximum absolute atomic E-state index is 13.2. The Morgan fingerprint density at radius 3 is 2.46 bits per heavy atom. The molecule has 0 unspecified atom stereocenters. The molecule has 3 rings (SSSR count). The highest BCUT2D eigenvalue weighted by Gasteiger charge is 2.13. The van der Waals surface area contributed by atoms with Crippen LogP contribution in [-0.2, 0) is 11.2 Å². The molecule has 4 nitrogen and oxygen atoms in total. The van der Waals surface area contributed by atoms with Gasteiger partial charge in [-0.15, -0.1) is 11.3 Å². The van der Waals surface area contributed by atoms with Gasteiger partial charge < -0.3 is 10.1 Å². The number of methoxy groups -OCH3 is 1. The van der Waals surface area contributed by atoms with E-state index >= 15 is 0 Å². The van der Waals surface area contributed by atoms with Gasteiger partial charge in [-0.05, 0) is 55.0 Å². The predicted molar refractivity (Wildman–Crippen MR) is 103 cm³/mol. The zero-order valence-electron chi connectivity index (χ0n) is 14.6. The standard InChI is InChI=1S/C20H19FN2O2S/c1-3-4-17-18(13-5-9-15(21)10-6-13)23-20(26-17)22-16-11-7-14(8-12-16)19(24)25-2/h5-12H,3-4H2,1-2H3,(H,22,23). The number of esters is 1. The van der Waals surface area contributed by atoms with Crippen molar-refractivity contribution in [2.45, 2.75) is 19.8 Å². The molecule has 0 atom stereocenters. The highest BCUT2D eigenvalue weighted by atomic mass is 32.1. The minimum atomic E-state index is -0.366. The Morgan fingerprint density at radius 1 is 1.15 bits per heavy atom. The Morgan fingerprint density at radius 2 is 1.85 bits per heavy atom. The van der Waals surface area contributed by atoms with E-state index in [1.165, 1.54) is 19.2 Å². The van der Waals surface area contributed by atoms with Crippen molar-refractivity contribution in [3.8, 4) is 11.3 Å². The van der Waals surface area contributed by atoms with Crippen molar-refractivity contribution in [1.82, 2.24) is 4.98 Å². The van der Waals surface area contributed by atoms with E-state index < -0.39 is 0 Å². The molecule has 0 fully saturated rings. The summed E-state index contributed by atoms with van der Waals surface area (Å²) in [5.41, 5.74) is 3.11. The van der Waals surface area contributed by atoms with E-state index in [0.717, 1.165) is 39.8 Å². The van der Waals surface area contributed by atoms with E-state index in [9.17, 15) is 9.18 Å². The van der Waals surface area contributed by atoms with Crippen LogP contribution in [0.15, 0.2) is 48.5 Å². The molecule has 3 aromatic rings. The van der Waals surface area contributed by atoms with Crippen molar-refractivity contribution in [3.05, 3.63) is 64.8 Å². The number of aromatic nitrogens is 1. The average molecular weight is 370 g/mol. The molecule has 134 valence electrons. The Kier molecular flexibility index (Phi) is 5.63. The fraction of sp³-hybridized carbons (Fsp3) is 0.200. The number of anilines is 2. The van der Waals surface area contributed by atoms with Gasteiger partial charge in [-0.3, -0.25) is 0 Å². The molecule has 2 aromatic carbocycles. The first kappa shape index (κ1) is 18.1. The van der Waals surface area contributed by atoms with Gasteiger partial charge in [0.15, 0.2) is 5.13 Å². The van der Waals surface area contributed by atoms with Crippen molar-refractivity contribution < 1.29 is 13.9 Å². The number of hydrogen-bond acceptors (Lipinski definition) is 5. The number of nitrogens with zero attached hydrogens (tertiary/aromatic N) is 1. The molecule has 0 radical (unpaired) electrons. The lowest BCUT2D eigenvalue weighted by Gasteiger charge is -2.04. The summed E-state index contributed by atoms with van der Waals surface area (Å²) in [6.07, 6.45) is 1.91. The molecule has 1 aromatic heterocycles. The van der Waals surface area contributed by atoms with Gasteiger partial charge in [-0.1, -0.05) is 13.3 Å². The molecule has 26 heavy (non-hydrogen) atoms. The largest absolute Gasteiger partial charge is 0.465 e. The van der Waals surface area contributed by atoms with Crippen LogP contribution in [-0.4, -0.2) is 18.1 Å². The van der Waals surface area contributed by atoms with E-state index in [1.807, 2.05) is 12.1 Å². The first-order chi connectivity index (χ1) is 12.6. The number of carbonyl (C=O) groups is 1. The molecule has 0 spiro atoms. The van der Waals surface area contributed by atoms with Crippen LogP contribution in [0.3, 0.4) is 0 Å². The number of carbonyl (C=O) groups excluding carboxylic acids is 1. The van der Waals surface area contributed by atoms with Crippen molar-refractivity contribution >= 4 is 28.1 Å². The number of aryl methyl sites for hydroxylation is 1. The van der Waals surface area contributed by atoms with Crippen LogP contribution in [0.2, 0.25) is 0 Å². The molecular weight excluding hydrogens is 351 g/mol. The number of ether oxygens (including phenoxy) is 1. The summed E-state index contributed by atoms with van der Waals surface area (Å²) in [6, 6.07) is 13.4. The SMILES string of the molecule is CCCc1sc(Nc2ccc(C(=O)OC)cc2)nc1-c1ccc(F)cc1. The molecule has 0 aliphatic rings. The summed E-state index contributed by atoms with van der Waals surface area (Å²) in [5, 5.41) is 4.03. The van der Waals surface area contributed by atoms with Crippen LogP contribution < -0.4 is 5.32 Å². The second-order valence-electron chi connectivity index (χ2n) is 5.74. The smallest absolute Gasteiger partial charge is 0.337 e. The zero-order chi connectivity index (χ0) is 18.5. The van der Waals surface area contributed by atoms with Crippen LogP contribution in [0, 0.1) is 5.82 Å². The zero-order valence-corrected chi connectivity index (χ0v) is 15.4. The van der Waals surface area contributed by atoms with Crippen LogP contribution >= 0.6 is 11.3 Å². The summed E-state index contributed by atoms with van der Waals surface area (Å²) >= 11 is 1.59. The fourth-order valence-corrected chi connectivity index (χ4v) is 3.67. The van der Waals surface area contributed by atoms with Crippen molar-refractivity contribution in [3.63, 3.8) is 0 Å². The number of thiazole rings is 1. The van der Waals surface area contributed by atoms with Gasteiger partial charge in [0.25, 0.3) is 0 Å². The molecule has 0 saturated carbocycles. The van der Waals surface area contributed by atoms with Crippen molar-refractivity contribution in [2.24, 2.45) is 0 Å². The van der Waals surface area contributed by atoms with Crippen LogP contribution in [0.5, 0.6) is 0 Å². The minimum absolute atomic E-state index is 0.259. The van der Waals surface area contributed by atoms with E-state index in [4.69, 9.17) is 9.72 Å². The third-order valence-corrected chi connectivity index (χ3v) is 4.88. The van der Waals surface area contributed by atoms with Gasteiger partial charge in [0.2, 0.25) is 0 Å². The molecule has 0 aliphatic carbocycles. The topological polar surface area (TPSA) is 51.2 Å². The van der Waals surface area contributed by atoms with E-state index in [2.05, 4.69) is 12.2 Å². The van der Waals surface area contributed by atoms with Gasteiger partial charge in [0, 0.05) is 16.1 Å². The van der Waals surface area contributed by atoms with Crippen molar-refractivity contribution in [2.75, 3.05) is 12.4 Å². The number of benzene rings is 2. The highest BCUT2D eigenvalue weighted by Crippen LogP contribution is 2.33. The average Bonchev–Trinajstić information content (AvgIpc) is 3.05. The minimum Gasteiger partial charge on any atom is -0.465 e. The first-order valence-corrected chi connectivity index (χ1v) is 9.13. The van der Waals surface area contributed by atoms with E-state index in [1.54, 1.807) is 35.6 Å². The van der Waals surface area contributed by atoms with Crippen LogP contribution in [0.25, 0.3) is 11.3 Å². The molecular formula is C20H19FN2O2S. The normalized spacial score (nSPS) is 10.6. The first-order valence-electron chi connectivity index (χ1n) is 8.31. The Bertz CT molecular complexity index is 889.